The summed E-state index contributed by atoms with van der Waals surface area (Å²) in [6, 6.07) is 14.3. The van der Waals surface area contributed by atoms with Gasteiger partial charge < -0.3 is 9.67 Å². The van der Waals surface area contributed by atoms with E-state index >= 15 is 0 Å². The molecule has 0 aliphatic heterocycles. The maximum Gasteiger partial charge on any atom is 0.200 e. The molecule has 0 bridgehead atoms. The van der Waals surface area contributed by atoms with Crippen LogP contribution in [0.3, 0.4) is 0 Å². The molecule has 0 atom stereocenters. The van der Waals surface area contributed by atoms with Gasteiger partial charge in [-0.15, -0.1) is 0 Å². The third-order valence-electron chi connectivity index (χ3n) is 3.78. The molecular formula is C18H17FN2O. The average molecular weight is 296 g/mol. The van der Waals surface area contributed by atoms with E-state index in [1.165, 1.54) is 12.1 Å². The maximum atomic E-state index is 12.8. The summed E-state index contributed by atoms with van der Waals surface area (Å²) in [5.41, 5.74) is 2.75. The van der Waals surface area contributed by atoms with Crippen molar-refractivity contribution in [2.75, 3.05) is 6.54 Å². The second-order valence-corrected chi connectivity index (χ2v) is 5.23. The van der Waals surface area contributed by atoms with Gasteiger partial charge in [0, 0.05) is 25.2 Å². The second-order valence-electron chi connectivity index (χ2n) is 5.23. The normalized spacial score (nSPS) is 11.5. The summed E-state index contributed by atoms with van der Waals surface area (Å²) >= 11 is 0. The van der Waals surface area contributed by atoms with E-state index in [1.807, 2.05) is 31.3 Å². The summed E-state index contributed by atoms with van der Waals surface area (Å²) < 4.78 is 14.6. The van der Waals surface area contributed by atoms with Crippen LogP contribution in [0.1, 0.15) is 11.1 Å². The number of fused-ring (bicyclic) bond motifs is 1. The number of aryl methyl sites for hydroxylation is 1. The Morgan fingerprint density at radius 2 is 1.86 bits per heavy atom. The van der Waals surface area contributed by atoms with Crippen LogP contribution in [0.4, 0.5) is 4.39 Å². The highest BCUT2D eigenvalue weighted by Crippen LogP contribution is 2.28. The van der Waals surface area contributed by atoms with Crippen molar-refractivity contribution < 1.29 is 9.50 Å². The van der Waals surface area contributed by atoms with Gasteiger partial charge in [-0.3, -0.25) is 4.99 Å². The molecular weight excluding hydrogens is 279 g/mol. The fourth-order valence-corrected chi connectivity index (χ4v) is 2.54. The smallest absolute Gasteiger partial charge is 0.200 e. The molecule has 0 fully saturated rings. The van der Waals surface area contributed by atoms with Crippen LogP contribution in [-0.4, -0.2) is 22.4 Å². The van der Waals surface area contributed by atoms with E-state index in [-0.39, 0.29) is 11.7 Å². The van der Waals surface area contributed by atoms with Crippen molar-refractivity contribution in [1.82, 2.24) is 4.57 Å². The highest BCUT2D eigenvalue weighted by atomic mass is 19.1. The first-order chi connectivity index (χ1) is 10.7. The van der Waals surface area contributed by atoms with Crippen LogP contribution in [0, 0.1) is 5.82 Å². The number of aromatic hydroxyl groups is 1. The fraction of sp³-hybridized carbons (Fsp3) is 0.167. The van der Waals surface area contributed by atoms with Crippen molar-refractivity contribution in [2.24, 2.45) is 12.0 Å². The highest BCUT2D eigenvalue weighted by molar-refractivity contribution is 6.02. The van der Waals surface area contributed by atoms with Crippen LogP contribution in [0.5, 0.6) is 5.88 Å². The summed E-state index contributed by atoms with van der Waals surface area (Å²) in [4.78, 5) is 4.39. The van der Waals surface area contributed by atoms with E-state index in [1.54, 1.807) is 22.9 Å². The van der Waals surface area contributed by atoms with Gasteiger partial charge in [0.05, 0.1) is 11.1 Å². The standard InChI is InChI=1S/C18H17FN2O/c1-21-17-5-3-2-4-15(17)16(18(21)22)12-20-11-10-13-6-8-14(19)9-7-13/h2-9,12,22H,10-11H2,1H3. The topological polar surface area (TPSA) is 37.5 Å². The van der Waals surface area contributed by atoms with Crippen LogP contribution in [0.2, 0.25) is 0 Å². The van der Waals surface area contributed by atoms with Crippen molar-refractivity contribution >= 4 is 17.1 Å². The minimum absolute atomic E-state index is 0.215. The van der Waals surface area contributed by atoms with Gasteiger partial charge in [-0.1, -0.05) is 30.3 Å². The number of hydrogen-bond donors (Lipinski definition) is 1. The lowest BCUT2D eigenvalue weighted by Gasteiger charge is -1.98. The minimum atomic E-state index is -0.229. The molecule has 0 aliphatic carbocycles. The molecule has 22 heavy (non-hydrogen) atoms. The Labute approximate surface area is 128 Å². The summed E-state index contributed by atoms with van der Waals surface area (Å²) in [5, 5.41) is 11.2. The molecule has 0 radical (unpaired) electrons. The van der Waals surface area contributed by atoms with Gasteiger partial charge >= 0.3 is 0 Å². The Kier molecular flexibility index (Phi) is 3.92. The van der Waals surface area contributed by atoms with Gasteiger partial charge in [0.25, 0.3) is 0 Å². The molecule has 0 saturated heterocycles. The minimum Gasteiger partial charge on any atom is -0.494 e. The van der Waals surface area contributed by atoms with Crippen molar-refractivity contribution in [3.63, 3.8) is 0 Å². The van der Waals surface area contributed by atoms with E-state index in [0.717, 1.165) is 28.5 Å². The third kappa shape index (κ3) is 2.72. The summed E-state index contributed by atoms with van der Waals surface area (Å²) in [6.07, 6.45) is 2.45. The first-order valence-electron chi connectivity index (χ1n) is 7.17. The molecule has 0 saturated carbocycles. The lowest BCUT2D eigenvalue weighted by atomic mass is 10.1. The summed E-state index contributed by atoms with van der Waals surface area (Å²) in [7, 11) is 1.83. The van der Waals surface area contributed by atoms with Gasteiger partial charge in [0.2, 0.25) is 5.88 Å². The SMILES string of the molecule is Cn1c(O)c(C=NCCc2ccc(F)cc2)c2ccccc21. The van der Waals surface area contributed by atoms with E-state index in [0.29, 0.717) is 6.54 Å². The molecule has 112 valence electrons. The van der Waals surface area contributed by atoms with Crippen molar-refractivity contribution in [3.05, 3.63) is 65.5 Å². The van der Waals surface area contributed by atoms with Crippen molar-refractivity contribution in [3.8, 4) is 5.88 Å². The predicted molar refractivity (Wildman–Crippen MR) is 87.1 cm³/mol. The molecule has 1 N–H and O–H groups in total. The van der Waals surface area contributed by atoms with E-state index in [9.17, 15) is 9.50 Å². The quantitative estimate of drug-likeness (QED) is 0.733. The highest BCUT2D eigenvalue weighted by Gasteiger charge is 2.11. The lowest BCUT2D eigenvalue weighted by Crippen LogP contribution is -1.91. The van der Waals surface area contributed by atoms with Crippen LogP contribution >= 0.6 is 0 Å². The lowest BCUT2D eigenvalue weighted by molar-refractivity contribution is 0.434. The van der Waals surface area contributed by atoms with Crippen LogP contribution < -0.4 is 0 Å². The Morgan fingerprint density at radius 1 is 1.14 bits per heavy atom. The zero-order valence-electron chi connectivity index (χ0n) is 12.3. The number of para-hydroxylation sites is 1. The Morgan fingerprint density at radius 3 is 2.64 bits per heavy atom. The molecule has 0 amide bonds. The van der Waals surface area contributed by atoms with Gasteiger partial charge in [0.1, 0.15) is 5.82 Å². The maximum absolute atomic E-state index is 12.8. The number of aromatic nitrogens is 1. The number of halogens is 1. The summed E-state index contributed by atoms with van der Waals surface area (Å²) in [5.74, 6) is -0.0142. The number of aliphatic imine (C=N–C) groups is 1. The van der Waals surface area contributed by atoms with Crippen molar-refractivity contribution in [1.29, 1.82) is 0 Å². The fourth-order valence-electron chi connectivity index (χ4n) is 2.54. The number of nitrogens with zero attached hydrogens (tertiary/aromatic N) is 2. The van der Waals surface area contributed by atoms with E-state index < -0.39 is 0 Å². The molecule has 1 aromatic heterocycles. The molecule has 3 nitrogen and oxygen atoms in total. The molecule has 0 aliphatic rings. The molecule has 2 aromatic carbocycles. The van der Waals surface area contributed by atoms with Crippen LogP contribution in [-0.2, 0) is 13.5 Å². The third-order valence-corrected chi connectivity index (χ3v) is 3.78. The van der Waals surface area contributed by atoms with E-state index in [4.69, 9.17) is 0 Å². The van der Waals surface area contributed by atoms with Crippen molar-refractivity contribution in [2.45, 2.75) is 6.42 Å². The van der Waals surface area contributed by atoms with E-state index in [2.05, 4.69) is 4.99 Å². The Hall–Kier alpha value is -2.62. The number of rotatable bonds is 4. The van der Waals surface area contributed by atoms with Crippen LogP contribution in [0.15, 0.2) is 53.5 Å². The average Bonchev–Trinajstić information content (AvgIpc) is 2.78. The number of benzene rings is 2. The molecule has 0 spiro atoms. The molecule has 4 heteroatoms. The van der Waals surface area contributed by atoms with Crippen LogP contribution in [0.25, 0.3) is 10.9 Å². The van der Waals surface area contributed by atoms with Gasteiger partial charge in [-0.25, -0.2) is 4.39 Å². The molecule has 3 aromatic rings. The Bertz CT molecular complexity index is 819. The molecule has 3 rings (SSSR count). The number of hydrogen-bond acceptors (Lipinski definition) is 2. The molecule has 0 unspecified atom stereocenters. The first kappa shape index (κ1) is 14.3. The summed E-state index contributed by atoms with van der Waals surface area (Å²) in [6.45, 7) is 0.592. The van der Waals surface area contributed by atoms with Gasteiger partial charge in [-0.2, -0.15) is 0 Å². The predicted octanol–water partition coefficient (Wildman–Crippen LogP) is 3.68. The zero-order chi connectivity index (χ0) is 15.5. The van der Waals surface area contributed by atoms with Gasteiger partial charge in [-0.05, 0) is 30.2 Å². The zero-order valence-corrected chi connectivity index (χ0v) is 12.3. The molecule has 1 heterocycles. The monoisotopic (exact) mass is 296 g/mol. The largest absolute Gasteiger partial charge is 0.494 e. The van der Waals surface area contributed by atoms with Gasteiger partial charge in [0.15, 0.2) is 0 Å². The second kappa shape index (κ2) is 6.02. The first-order valence-corrected chi connectivity index (χ1v) is 7.17. The Balaban J connectivity index is 1.76.